The van der Waals surface area contributed by atoms with Gasteiger partial charge in [-0.25, -0.2) is 0 Å². The Bertz CT molecular complexity index is 1200. The second-order valence-electron chi connectivity index (χ2n) is 18.9. The number of allylic oxidation sites excluding steroid dienone is 9. The number of esters is 3. The lowest BCUT2D eigenvalue weighted by atomic mass is 10.0. The van der Waals surface area contributed by atoms with Crippen LogP contribution in [0, 0.1) is 0 Å². The molecule has 6 heteroatoms. The normalized spacial score (nSPS) is 12.5. The molecule has 0 aliphatic carbocycles. The predicted octanol–water partition coefficient (Wildman–Crippen LogP) is 18.8. The van der Waals surface area contributed by atoms with E-state index in [0.29, 0.717) is 12.8 Å². The van der Waals surface area contributed by atoms with E-state index in [0.717, 1.165) is 70.6 Å². The van der Waals surface area contributed by atoms with Crippen molar-refractivity contribution in [2.75, 3.05) is 13.2 Å². The summed E-state index contributed by atoms with van der Waals surface area (Å²) >= 11 is 0. The summed E-state index contributed by atoms with van der Waals surface area (Å²) in [6.07, 6.45) is 68.4. The molecule has 0 aromatic rings. The van der Waals surface area contributed by atoms with Crippen LogP contribution in [0.25, 0.3) is 0 Å². The van der Waals surface area contributed by atoms with Crippen molar-refractivity contribution in [3.05, 3.63) is 60.8 Å². The Morgan fingerprint density at radius 3 is 0.864 bits per heavy atom. The van der Waals surface area contributed by atoms with E-state index in [1.54, 1.807) is 6.08 Å². The SMILES string of the molecule is CC/C=C\C/C=C\C/C=C\C/C=C\C/C=C\CC(=O)OC(COC(=O)CCCCCCCCCC)COC(=O)CCCCCCCCCCCCCCCCCCCCCCCCCCC. The van der Waals surface area contributed by atoms with Crippen molar-refractivity contribution in [2.45, 2.75) is 290 Å². The molecule has 0 radical (unpaired) electrons. The van der Waals surface area contributed by atoms with Crippen molar-refractivity contribution >= 4 is 17.9 Å². The number of hydrogen-bond acceptors (Lipinski definition) is 6. The van der Waals surface area contributed by atoms with Gasteiger partial charge >= 0.3 is 17.9 Å². The van der Waals surface area contributed by atoms with Crippen molar-refractivity contribution in [3.63, 3.8) is 0 Å². The first-order valence-corrected chi connectivity index (χ1v) is 28.3. The van der Waals surface area contributed by atoms with Crippen LogP contribution < -0.4 is 0 Å². The molecule has 0 spiro atoms. The second-order valence-corrected chi connectivity index (χ2v) is 18.9. The minimum Gasteiger partial charge on any atom is -0.462 e. The van der Waals surface area contributed by atoms with Crippen LogP contribution in [0.15, 0.2) is 60.8 Å². The van der Waals surface area contributed by atoms with Crippen molar-refractivity contribution in [1.29, 1.82) is 0 Å². The molecule has 0 N–H and O–H groups in total. The van der Waals surface area contributed by atoms with Gasteiger partial charge in [-0.2, -0.15) is 0 Å². The molecule has 0 aliphatic rings. The highest BCUT2D eigenvalue weighted by atomic mass is 16.6. The fourth-order valence-electron chi connectivity index (χ4n) is 8.11. The lowest BCUT2D eigenvalue weighted by molar-refractivity contribution is -0.166. The third-order valence-electron chi connectivity index (χ3n) is 12.3. The smallest absolute Gasteiger partial charge is 0.310 e. The van der Waals surface area contributed by atoms with Gasteiger partial charge < -0.3 is 14.2 Å². The fourth-order valence-corrected chi connectivity index (χ4v) is 8.11. The molecular formula is C60H106O6. The molecule has 0 saturated heterocycles. The quantitative estimate of drug-likeness (QED) is 0.0262. The minimum absolute atomic E-state index is 0.101. The Hall–Kier alpha value is -2.89. The number of hydrogen-bond donors (Lipinski definition) is 0. The topological polar surface area (TPSA) is 78.9 Å². The van der Waals surface area contributed by atoms with Crippen LogP contribution in [-0.2, 0) is 28.6 Å². The summed E-state index contributed by atoms with van der Waals surface area (Å²) in [5.41, 5.74) is 0. The van der Waals surface area contributed by atoms with Gasteiger partial charge in [0.1, 0.15) is 13.2 Å². The number of rotatable bonds is 51. The molecule has 0 rings (SSSR count). The van der Waals surface area contributed by atoms with E-state index in [2.05, 4.69) is 69.4 Å². The third kappa shape index (κ3) is 52.1. The zero-order valence-corrected chi connectivity index (χ0v) is 43.7. The first-order chi connectivity index (χ1) is 32.5. The zero-order chi connectivity index (χ0) is 47.9. The van der Waals surface area contributed by atoms with Crippen molar-refractivity contribution in [1.82, 2.24) is 0 Å². The molecule has 0 bridgehead atoms. The molecule has 0 fully saturated rings. The van der Waals surface area contributed by atoms with Gasteiger partial charge in [-0.05, 0) is 44.9 Å². The maximum absolute atomic E-state index is 12.7. The van der Waals surface area contributed by atoms with Gasteiger partial charge in [0, 0.05) is 12.8 Å². The van der Waals surface area contributed by atoms with Gasteiger partial charge in [0.2, 0.25) is 0 Å². The van der Waals surface area contributed by atoms with E-state index < -0.39 is 12.1 Å². The molecule has 0 aliphatic heterocycles. The summed E-state index contributed by atoms with van der Waals surface area (Å²) in [6.45, 7) is 6.44. The molecule has 0 amide bonds. The first-order valence-electron chi connectivity index (χ1n) is 28.3. The van der Waals surface area contributed by atoms with E-state index in [1.807, 2.05) is 6.08 Å². The van der Waals surface area contributed by atoms with Crippen LogP contribution in [0.3, 0.4) is 0 Å². The molecule has 0 aromatic carbocycles. The molecule has 1 unspecified atom stereocenters. The average Bonchev–Trinajstić information content (AvgIpc) is 3.31. The summed E-state index contributed by atoms with van der Waals surface area (Å²) < 4.78 is 16.7. The van der Waals surface area contributed by atoms with Crippen LogP contribution in [0.1, 0.15) is 284 Å². The van der Waals surface area contributed by atoms with Crippen molar-refractivity contribution in [2.24, 2.45) is 0 Å². The van der Waals surface area contributed by atoms with Crippen LogP contribution in [0.2, 0.25) is 0 Å². The van der Waals surface area contributed by atoms with E-state index in [4.69, 9.17) is 14.2 Å². The third-order valence-corrected chi connectivity index (χ3v) is 12.3. The summed E-state index contributed by atoms with van der Waals surface area (Å²) in [4.78, 5) is 37.8. The molecule has 1 atom stereocenters. The molecule has 66 heavy (non-hydrogen) atoms. The summed E-state index contributed by atoms with van der Waals surface area (Å²) in [7, 11) is 0. The van der Waals surface area contributed by atoms with Crippen LogP contribution >= 0.6 is 0 Å². The van der Waals surface area contributed by atoms with Gasteiger partial charge in [-0.1, -0.05) is 281 Å². The molecule has 0 saturated carbocycles. The minimum atomic E-state index is -0.823. The standard InChI is InChI=1S/C60H106O6/c1-4-7-10-13-16-19-21-23-25-26-27-28-29-30-31-32-33-34-36-37-39-41-44-47-50-53-59(62)65-56-57(55-64-58(61)52-49-46-43-18-15-12-9-6-3)66-60(63)54-51-48-45-42-40-38-35-24-22-20-17-14-11-8-5-2/h8,11,17,20,24,35,40,42,48,51,57H,4-7,9-10,12-16,18-19,21-23,25-34,36-39,41,43-47,49-50,52-56H2,1-3H3/b11-8-,20-17-,35-24-,42-40-,51-48-. The average molecular weight is 924 g/mol. The van der Waals surface area contributed by atoms with Gasteiger partial charge in [0.15, 0.2) is 6.10 Å². The highest BCUT2D eigenvalue weighted by molar-refractivity contribution is 5.72. The summed E-state index contributed by atoms with van der Waals surface area (Å²) in [5.74, 6) is -1.04. The number of carbonyl (C=O) groups excluding carboxylic acids is 3. The fraction of sp³-hybridized carbons (Fsp3) is 0.783. The predicted molar refractivity (Wildman–Crippen MR) is 284 cm³/mol. The molecule has 0 heterocycles. The van der Waals surface area contributed by atoms with E-state index in [-0.39, 0.29) is 31.6 Å². The van der Waals surface area contributed by atoms with E-state index in [9.17, 15) is 14.4 Å². The van der Waals surface area contributed by atoms with Crippen molar-refractivity contribution < 1.29 is 28.6 Å². The van der Waals surface area contributed by atoms with Crippen molar-refractivity contribution in [3.8, 4) is 0 Å². The van der Waals surface area contributed by atoms with Crippen LogP contribution in [-0.4, -0.2) is 37.2 Å². The zero-order valence-electron chi connectivity index (χ0n) is 43.7. The maximum Gasteiger partial charge on any atom is 0.310 e. The number of unbranched alkanes of at least 4 members (excludes halogenated alkanes) is 31. The molecule has 382 valence electrons. The molecule has 0 aromatic heterocycles. The van der Waals surface area contributed by atoms with Gasteiger partial charge in [-0.3, -0.25) is 14.4 Å². The first kappa shape index (κ1) is 63.1. The van der Waals surface area contributed by atoms with Gasteiger partial charge in [-0.15, -0.1) is 0 Å². The summed E-state index contributed by atoms with van der Waals surface area (Å²) in [5, 5.41) is 0. The largest absolute Gasteiger partial charge is 0.462 e. The highest BCUT2D eigenvalue weighted by Crippen LogP contribution is 2.17. The number of carbonyl (C=O) groups is 3. The maximum atomic E-state index is 12.7. The Balaban J connectivity index is 4.21. The lowest BCUT2D eigenvalue weighted by Crippen LogP contribution is -2.30. The Morgan fingerprint density at radius 2 is 0.576 bits per heavy atom. The van der Waals surface area contributed by atoms with Gasteiger partial charge in [0.05, 0.1) is 6.42 Å². The Labute approximate surface area is 409 Å². The Morgan fingerprint density at radius 1 is 0.318 bits per heavy atom. The number of ether oxygens (including phenoxy) is 3. The van der Waals surface area contributed by atoms with E-state index >= 15 is 0 Å². The van der Waals surface area contributed by atoms with Gasteiger partial charge in [0.25, 0.3) is 0 Å². The van der Waals surface area contributed by atoms with E-state index in [1.165, 1.54) is 173 Å². The monoisotopic (exact) mass is 923 g/mol. The Kier molecular flexibility index (Phi) is 52.3. The summed E-state index contributed by atoms with van der Waals surface area (Å²) in [6, 6.07) is 0. The second kappa shape index (κ2) is 54.7. The lowest BCUT2D eigenvalue weighted by Gasteiger charge is -2.18. The highest BCUT2D eigenvalue weighted by Gasteiger charge is 2.19. The molecular weight excluding hydrogens is 817 g/mol. The molecule has 6 nitrogen and oxygen atoms in total. The van der Waals surface area contributed by atoms with Crippen LogP contribution in [0.4, 0.5) is 0 Å². The van der Waals surface area contributed by atoms with Crippen LogP contribution in [0.5, 0.6) is 0 Å².